The summed E-state index contributed by atoms with van der Waals surface area (Å²) in [6, 6.07) is 9.89. The molecule has 2 heterocycles. The van der Waals surface area contributed by atoms with E-state index in [-0.39, 0.29) is 92.9 Å². The summed E-state index contributed by atoms with van der Waals surface area (Å²) in [6.07, 6.45) is 3.96. The smallest absolute Gasteiger partial charge is 0.408 e. The van der Waals surface area contributed by atoms with Crippen LogP contribution in [0.15, 0.2) is 66.2 Å². The maximum absolute atomic E-state index is 14.5. The summed E-state index contributed by atoms with van der Waals surface area (Å²) in [5, 5.41) is 27.1. The van der Waals surface area contributed by atoms with E-state index in [0.717, 1.165) is 23.4 Å². The largest absolute Gasteiger partial charge is 0.445 e. The second-order valence-electron chi connectivity index (χ2n) is 25.6. The van der Waals surface area contributed by atoms with E-state index in [1.54, 1.807) is 84.3 Å². The first kappa shape index (κ1) is 79.5. The number of rotatable bonds is 39. The van der Waals surface area contributed by atoms with Gasteiger partial charge in [0.05, 0.1) is 36.6 Å². The van der Waals surface area contributed by atoms with Crippen LogP contribution >= 0.6 is 11.3 Å². The van der Waals surface area contributed by atoms with Crippen LogP contribution in [0.3, 0.4) is 0 Å². The van der Waals surface area contributed by atoms with Gasteiger partial charge in [0.2, 0.25) is 41.4 Å². The number of amides is 12. The number of nitrogens with two attached hydrogens (primary N) is 2. The number of ether oxygens (including phenoxy) is 3. The Morgan fingerprint density at radius 2 is 1.44 bits per heavy atom. The van der Waals surface area contributed by atoms with Gasteiger partial charge in [-0.2, -0.15) is 0 Å². The highest BCUT2D eigenvalue weighted by atomic mass is 32.1. The van der Waals surface area contributed by atoms with Crippen LogP contribution in [0.25, 0.3) is 0 Å². The Labute approximate surface area is 563 Å². The fourth-order valence-electron chi connectivity index (χ4n) is 11.4. The average Bonchev–Trinajstić information content (AvgIpc) is 1.78. The standard InChI is InChI=1S/C67H106N14O13S/c1-14-42(6)47(52(92-12)37-53(82)81-34-21-26-51(81)56(93-13)43(7)57(83)75-50(61-71-33-35-95-61)36-44-22-16-15-17-23-44)38-80(11)62(87)55(41(4)5)78-63(88)67(8,9)79-66(91)94-39-45-27-29-46(30-28-45)73-58(84)48(25-20-32-72-64(69)89)74-60(86)54(40(2)3)77-59(85)49(24-18-19-31-68)76-65(90)70-10/h15-17,22-23,27-30,33,35,40-43,47-52,54-56H,14,18-21,24-26,31-32,34,36-39,68H2,1-13H3,(H,73,84)(H,74,86)(H,75,83)(H,77,85)(H,78,88)(H,79,91)(H3,69,72,89)(H2,70,76,90)/t42-,43+,47?,48-,49-,50-,51-,52+,54-,55-,56+/m0/s1. The van der Waals surface area contributed by atoms with Gasteiger partial charge in [0.15, 0.2) is 0 Å². The fraction of sp³-hybridized carbons (Fsp3) is 0.627. The highest BCUT2D eigenvalue weighted by molar-refractivity contribution is 7.09. The van der Waals surface area contributed by atoms with Gasteiger partial charge >= 0.3 is 18.2 Å². The zero-order valence-electron chi connectivity index (χ0n) is 57.7. The summed E-state index contributed by atoms with van der Waals surface area (Å²) < 4.78 is 17.7. The minimum absolute atomic E-state index is 0.00414. The molecule has 1 aromatic heterocycles. The molecule has 2 aromatic carbocycles. The molecular formula is C67H106N14O13S. The summed E-state index contributed by atoms with van der Waals surface area (Å²) >= 11 is 1.47. The summed E-state index contributed by atoms with van der Waals surface area (Å²) in [5.41, 5.74) is 11.2. The topological polar surface area (TPSA) is 378 Å². The summed E-state index contributed by atoms with van der Waals surface area (Å²) in [4.78, 5) is 143. The lowest BCUT2D eigenvalue weighted by molar-refractivity contribution is -0.144. The van der Waals surface area contributed by atoms with Crippen LogP contribution in [0.5, 0.6) is 0 Å². The zero-order valence-corrected chi connectivity index (χ0v) is 58.5. The van der Waals surface area contributed by atoms with E-state index in [9.17, 15) is 47.9 Å². The van der Waals surface area contributed by atoms with Crippen molar-refractivity contribution in [2.75, 3.05) is 59.8 Å². The third kappa shape index (κ3) is 25.3. The summed E-state index contributed by atoms with van der Waals surface area (Å²) in [7, 11) is 6.19. The van der Waals surface area contributed by atoms with Gasteiger partial charge < -0.3 is 83.3 Å². The first-order chi connectivity index (χ1) is 45.1. The maximum Gasteiger partial charge on any atom is 0.408 e. The molecule has 28 heteroatoms. The third-order valence-electron chi connectivity index (χ3n) is 17.4. The minimum Gasteiger partial charge on any atom is -0.445 e. The second-order valence-corrected chi connectivity index (χ2v) is 26.6. The molecule has 13 N–H and O–H groups in total. The number of thiazole rings is 1. The second kappa shape index (κ2) is 39.8. The molecule has 0 radical (unpaired) electrons. The van der Waals surface area contributed by atoms with Crippen LogP contribution < -0.4 is 59.3 Å². The van der Waals surface area contributed by atoms with Gasteiger partial charge in [-0.1, -0.05) is 97.4 Å². The lowest BCUT2D eigenvalue weighted by Gasteiger charge is -2.38. The quantitative estimate of drug-likeness (QED) is 0.0335. The SMILES string of the molecule is CC[C@H](C)C(CN(C)C(=O)[C@@H](NC(=O)C(C)(C)NC(=O)OCc1ccc(NC(=O)[C@H](CCCNC(N)=O)NC(=O)[C@@H](NC(=O)[C@H](CCCCN)NC(=O)NC)C(C)C)cc1)C(C)C)[C@@H](CC(=O)N1CCC[C@H]1[C@H](OC)[C@@H](C)C(=O)N[C@@H](Cc1ccccc1)c1nccs1)OC. The number of unbranched alkanes of at least 4 members (excludes halogenated alkanes) is 1. The number of carbonyl (C=O) groups is 10. The summed E-state index contributed by atoms with van der Waals surface area (Å²) in [6.45, 7) is 16.8. The van der Waals surface area contributed by atoms with E-state index in [0.29, 0.717) is 50.0 Å². The first-order valence-corrected chi connectivity index (χ1v) is 33.8. The molecule has 1 unspecified atom stereocenters. The number of likely N-dealkylation sites (tertiary alicyclic amines) is 1. The molecule has 0 spiro atoms. The number of likely N-dealkylation sites (N-methyl/N-ethyl adjacent to an activating group) is 1. The van der Waals surface area contributed by atoms with Gasteiger partial charge in [-0.25, -0.2) is 19.4 Å². The lowest BCUT2D eigenvalue weighted by atomic mass is 9.84. The third-order valence-corrected chi connectivity index (χ3v) is 18.2. The number of anilines is 1. The molecule has 27 nitrogen and oxygen atoms in total. The lowest BCUT2D eigenvalue weighted by Crippen LogP contribution is -2.60. The molecule has 11 atom stereocenters. The van der Waals surface area contributed by atoms with Gasteiger partial charge in [-0.3, -0.25) is 33.6 Å². The number of hydrogen-bond acceptors (Lipinski definition) is 16. The van der Waals surface area contributed by atoms with Gasteiger partial charge in [-0.15, -0.1) is 11.3 Å². The van der Waals surface area contributed by atoms with E-state index in [4.69, 9.17) is 25.7 Å². The molecule has 3 aromatic rings. The average molecular weight is 1350 g/mol. The molecule has 12 amide bonds. The number of methoxy groups -OCH3 is 2. The Bertz CT molecular complexity index is 2940. The van der Waals surface area contributed by atoms with E-state index >= 15 is 0 Å². The number of carbonyl (C=O) groups excluding carboxylic acids is 10. The number of urea groups is 2. The number of nitrogens with one attached hydrogen (secondary N) is 9. The Morgan fingerprint density at radius 3 is 2.03 bits per heavy atom. The first-order valence-electron chi connectivity index (χ1n) is 32.9. The van der Waals surface area contributed by atoms with Gasteiger partial charge in [0.25, 0.3) is 0 Å². The minimum atomic E-state index is -1.57. The number of aromatic nitrogens is 1. The van der Waals surface area contributed by atoms with Crippen LogP contribution in [-0.2, 0) is 60.8 Å². The Kier molecular flexibility index (Phi) is 33.3. The highest BCUT2D eigenvalue weighted by Gasteiger charge is 2.43. The normalized spacial score (nSPS) is 16.3. The molecule has 0 saturated carbocycles. The van der Waals surface area contributed by atoms with E-state index < -0.39 is 95.5 Å². The Morgan fingerprint density at radius 1 is 0.779 bits per heavy atom. The molecule has 528 valence electrons. The van der Waals surface area contributed by atoms with Gasteiger partial charge in [0, 0.05) is 71.1 Å². The molecule has 1 fully saturated rings. The molecule has 0 bridgehead atoms. The van der Waals surface area contributed by atoms with Crippen LogP contribution in [-0.4, -0.2) is 177 Å². The van der Waals surface area contributed by atoms with Crippen LogP contribution in [0.4, 0.5) is 20.1 Å². The predicted octanol–water partition coefficient (Wildman–Crippen LogP) is 5.00. The Balaban J connectivity index is 1.36. The summed E-state index contributed by atoms with van der Waals surface area (Å²) in [5.74, 6) is -5.02. The van der Waals surface area contributed by atoms with E-state index in [2.05, 4.69) is 59.8 Å². The van der Waals surface area contributed by atoms with E-state index in [1.165, 1.54) is 32.2 Å². The molecule has 1 saturated heterocycles. The zero-order chi connectivity index (χ0) is 70.5. The van der Waals surface area contributed by atoms with Crippen LogP contribution in [0.2, 0.25) is 0 Å². The molecule has 0 aliphatic carbocycles. The monoisotopic (exact) mass is 1350 g/mol. The van der Waals surface area contributed by atoms with Crippen molar-refractivity contribution in [2.45, 2.75) is 187 Å². The fourth-order valence-corrected chi connectivity index (χ4v) is 12.1. The number of hydrogen-bond donors (Lipinski definition) is 11. The molecule has 4 rings (SSSR count). The van der Waals surface area contributed by atoms with Crippen molar-refractivity contribution in [1.29, 1.82) is 0 Å². The predicted molar refractivity (Wildman–Crippen MR) is 363 cm³/mol. The number of nitrogens with zero attached hydrogens (tertiary/aromatic N) is 3. The molecule has 95 heavy (non-hydrogen) atoms. The van der Waals surface area contributed by atoms with Crippen molar-refractivity contribution in [1.82, 2.24) is 57.3 Å². The van der Waals surface area contributed by atoms with Crippen molar-refractivity contribution in [3.05, 3.63) is 82.3 Å². The maximum atomic E-state index is 14.5. The highest BCUT2D eigenvalue weighted by Crippen LogP contribution is 2.32. The van der Waals surface area contributed by atoms with E-state index in [1.807, 2.05) is 54.5 Å². The Hall–Kier alpha value is -7.95. The van der Waals surface area contributed by atoms with Gasteiger partial charge in [-0.05, 0) is 113 Å². The molecule has 1 aliphatic heterocycles. The van der Waals surface area contributed by atoms with Crippen molar-refractivity contribution in [2.24, 2.45) is 41.1 Å². The van der Waals surface area contributed by atoms with Gasteiger partial charge in [0.1, 0.15) is 41.3 Å². The van der Waals surface area contributed by atoms with Crippen molar-refractivity contribution in [3.63, 3.8) is 0 Å². The van der Waals surface area contributed by atoms with Crippen molar-refractivity contribution < 1.29 is 62.2 Å². The van der Waals surface area contributed by atoms with Crippen molar-refractivity contribution in [3.8, 4) is 0 Å². The van der Waals surface area contributed by atoms with Crippen molar-refractivity contribution >= 4 is 76.5 Å². The number of primary amides is 1. The molecular weight excluding hydrogens is 1240 g/mol. The van der Waals surface area contributed by atoms with Crippen LogP contribution in [0.1, 0.15) is 142 Å². The van der Waals surface area contributed by atoms with Crippen LogP contribution in [0, 0.1) is 29.6 Å². The number of benzene rings is 2. The molecule has 1 aliphatic rings. The number of alkyl carbamates (subject to hydrolysis) is 1.